The highest BCUT2D eigenvalue weighted by molar-refractivity contribution is 5.85. The van der Waals surface area contributed by atoms with Gasteiger partial charge in [-0.25, -0.2) is 0 Å². The van der Waals surface area contributed by atoms with Crippen molar-refractivity contribution < 1.29 is 0 Å². The van der Waals surface area contributed by atoms with Crippen LogP contribution in [-0.4, -0.2) is 0 Å². The number of rotatable bonds is 1. The Morgan fingerprint density at radius 2 is 1.14 bits per heavy atom. The van der Waals surface area contributed by atoms with Crippen LogP contribution in [0.15, 0.2) is 24.3 Å². The van der Waals surface area contributed by atoms with Crippen molar-refractivity contribution in [3.8, 4) is 0 Å². The smallest absolute Gasteiger partial charge is 0.0467 e. The largest absolute Gasteiger partial charge is 0.147 e. The summed E-state index contributed by atoms with van der Waals surface area (Å²) in [5, 5.41) is 0. The summed E-state index contributed by atoms with van der Waals surface area (Å²) < 4.78 is 0. The molecule has 0 rings (SSSR count). The highest BCUT2D eigenvalue weighted by Gasteiger charge is 1.48. The third-order valence-electron chi connectivity index (χ3n) is 0.496. The fraction of sp³-hybridized carbons (Fsp3) is 0.333. The second-order valence-corrected chi connectivity index (χ2v) is 1.05. The van der Waals surface area contributed by atoms with E-state index in [0.717, 1.165) is 0 Å². The molecule has 0 aliphatic heterocycles. The van der Waals surface area contributed by atoms with Crippen LogP contribution < -0.4 is 0 Å². The minimum atomic E-state index is 0. The van der Waals surface area contributed by atoms with E-state index in [1.807, 2.05) is 38.2 Å². The maximum absolute atomic E-state index is 2.00. The molecule has 0 aliphatic rings. The molecule has 0 spiro atoms. The van der Waals surface area contributed by atoms with E-state index in [2.05, 4.69) is 0 Å². The minimum absolute atomic E-state index is 0. The zero-order valence-electron chi connectivity index (χ0n) is 4.72. The maximum Gasteiger partial charge on any atom is -0.0467 e. The molecule has 0 N–H and O–H groups in total. The lowest BCUT2D eigenvalue weighted by Gasteiger charge is -1.62. The fourth-order valence-electron chi connectivity index (χ4n) is 0.222. The molecule has 0 aromatic carbocycles. The number of allylic oxidation sites excluding steroid dienone is 4. The first-order valence-electron chi connectivity index (χ1n) is 2.15. The van der Waals surface area contributed by atoms with Gasteiger partial charge in [0.05, 0.1) is 0 Å². The predicted octanol–water partition coefficient (Wildman–Crippen LogP) is 2.56. The van der Waals surface area contributed by atoms with Gasteiger partial charge in [-0.2, -0.15) is 0 Å². The van der Waals surface area contributed by atoms with E-state index in [1.54, 1.807) is 0 Å². The van der Waals surface area contributed by atoms with Gasteiger partial charge in [-0.05, 0) is 13.8 Å². The zero-order valence-corrected chi connectivity index (χ0v) is 5.53. The molecule has 0 nitrogen and oxygen atoms in total. The first-order valence-corrected chi connectivity index (χ1v) is 2.15. The summed E-state index contributed by atoms with van der Waals surface area (Å²) in [5.74, 6) is 0. The van der Waals surface area contributed by atoms with Crippen molar-refractivity contribution in [3.63, 3.8) is 0 Å². The van der Waals surface area contributed by atoms with E-state index < -0.39 is 0 Å². The molecule has 0 unspecified atom stereocenters. The van der Waals surface area contributed by atoms with Crippen molar-refractivity contribution in [2.24, 2.45) is 0 Å². The van der Waals surface area contributed by atoms with E-state index >= 15 is 0 Å². The SMILES string of the molecule is CC=CC=CC.Cl. The summed E-state index contributed by atoms with van der Waals surface area (Å²) in [6, 6.07) is 0. The van der Waals surface area contributed by atoms with Crippen LogP contribution in [0.2, 0.25) is 0 Å². The quantitative estimate of drug-likeness (QED) is 0.465. The van der Waals surface area contributed by atoms with Crippen LogP contribution in [-0.2, 0) is 0 Å². The summed E-state index contributed by atoms with van der Waals surface area (Å²) in [4.78, 5) is 0. The molecule has 0 bridgehead atoms. The summed E-state index contributed by atoms with van der Waals surface area (Å²) >= 11 is 0. The second-order valence-electron chi connectivity index (χ2n) is 1.05. The van der Waals surface area contributed by atoms with Crippen LogP contribution in [0.4, 0.5) is 0 Å². The van der Waals surface area contributed by atoms with E-state index in [0.29, 0.717) is 0 Å². The van der Waals surface area contributed by atoms with E-state index in [9.17, 15) is 0 Å². The lowest BCUT2D eigenvalue weighted by molar-refractivity contribution is 1.69. The molecule has 0 heterocycles. The Labute approximate surface area is 51.3 Å². The van der Waals surface area contributed by atoms with Gasteiger partial charge in [0.1, 0.15) is 0 Å². The van der Waals surface area contributed by atoms with Crippen molar-refractivity contribution in [2.75, 3.05) is 0 Å². The topological polar surface area (TPSA) is 0 Å². The number of hydrogen-bond donors (Lipinski definition) is 0. The summed E-state index contributed by atoms with van der Waals surface area (Å²) in [6.07, 6.45) is 8.00. The average Bonchev–Trinajstić information content (AvgIpc) is 1.61. The first-order chi connectivity index (χ1) is 2.91. The molecular formula is C6H11Cl. The number of hydrogen-bond acceptors (Lipinski definition) is 0. The van der Waals surface area contributed by atoms with Crippen LogP contribution >= 0.6 is 12.4 Å². The van der Waals surface area contributed by atoms with Gasteiger partial charge in [-0.3, -0.25) is 0 Å². The van der Waals surface area contributed by atoms with E-state index in [4.69, 9.17) is 0 Å². The van der Waals surface area contributed by atoms with Gasteiger partial charge in [-0.1, -0.05) is 24.3 Å². The van der Waals surface area contributed by atoms with Gasteiger partial charge in [-0.15, -0.1) is 12.4 Å². The van der Waals surface area contributed by atoms with Crippen molar-refractivity contribution >= 4 is 12.4 Å². The van der Waals surface area contributed by atoms with E-state index in [1.165, 1.54) is 0 Å². The van der Waals surface area contributed by atoms with Crippen LogP contribution in [0.25, 0.3) is 0 Å². The molecule has 7 heavy (non-hydrogen) atoms. The van der Waals surface area contributed by atoms with E-state index in [-0.39, 0.29) is 12.4 Å². The van der Waals surface area contributed by atoms with Gasteiger partial charge in [0.2, 0.25) is 0 Å². The molecule has 0 amide bonds. The molecule has 0 radical (unpaired) electrons. The number of halogens is 1. The molecule has 0 saturated carbocycles. The Morgan fingerprint density at radius 3 is 1.29 bits per heavy atom. The molecule has 0 aliphatic carbocycles. The minimum Gasteiger partial charge on any atom is -0.147 e. The molecule has 0 aromatic rings. The van der Waals surface area contributed by atoms with Crippen molar-refractivity contribution in [1.29, 1.82) is 0 Å². The second kappa shape index (κ2) is 9.24. The molecule has 0 aromatic heterocycles. The maximum atomic E-state index is 2.00. The third-order valence-corrected chi connectivity index (χ3v) is 0.496. The predicted molar refractivity (Wildman–Crippen MR) is 36.9 cm³/mol. The average molecular weight is 119 g/mol. The Morgan fingerprint density at radius 1 is 0.857 bits per heavy atom. The van der Waals surface area contributed by atoms with Gasteiger partial charge < -0.3 is 0 Å². The third kappa shape index (κ3) is 10.7. The van der Waals surface area contributed by atoms with Crippen LogP contribution in [0, 0.1) is 0 Å². The molecule has 1 heteroatoms. The normalized spacial score (nSPS) is 10.0. The standard InChI is InChI=1S/C6H10.ClH/c1-3-5-6-4-2;/h3-6H,1-2H3;1H. The summed E-state index contributed by atoms with van der Waals surface area (Å²) in [5.41, 5.74) is 0. The molecule has 0 atom stereocenters. The van der Waals surface area contributed by atoms with Crippen LogP contribution in [0.5, 0.6) is 0 Å². The Balaban J connectivity index is 0. The van der Waals surface area contributed by atoms with Gasteiger partial charge in [0.25, 0.3) is 0 Å². The molecule has 0 saturated heterocycles. The molecule has 42 valence electrons. The van der Waals surface area contributed by atoms with Gasteiger partial charge in [0.15, 0.2) is 0 Å². The van der Waals surface area contributed by atoms with Crippen molar-refractivity contribution in [1.82, 2.24) is 0 Å². The monoisotopic (exact) mass is 118 g/mol. The zero-order chi connectivity index (χ0) is 4.83. The first kappa shape index (κ1) is 9.91. The van der Waals surface area contributed by atoms with Crippen molar-refractivity contribution in [2.45, 2.75) is 13.8 Å². The lowest BCUT2D eigenvalue weighted by Crippen LogP contribution is -1.40. The van der Waals surface area contributed by atoms with Gasteiger partial charge >= 0.3 is 0 Å². The highest BCUT2D eigenvalue weighted by atomic mass is 35.5. The Bertz CT molecular complexity index is 52.6. The highest BCUT2D eigenvalue weighted by Crippen LogP contribution is 1.71. The van der Waals surface area contributed by atoms with Crippen molar-refractivity contribution in [3.05, 3.63) is 24.3 Å². The van der Waals surface area contributed by atoms with Crippen LogP contribution in [0.3, 0.4) is 0 Å². The molecular weight excluding hydrogens is 108 g/mol. The Kier molecular flexibility index (Phi) is 13.1. The fourth-order valence-corrected chi connectivity index (χ4v) is 0.222. The summed E-state index contributed by atoms with van der Waals surface area (Å²) in [7, 11) is 0. The molecule has 0 fully saturated rings. The summed E-state index contributed by atoms with van der Waals surface area (Å²) in [6.45, 7) is 4.00. The lowest BCUT2D eigenvalue weighted by atomic mass is 10.5. The van der Waals surface area contributed by atoms with Gasteiger partial charge in [0, 0.05) is 0 Å². The van der Waals surface area contributed by atoms with Crippen LogP contribution in [0.1, 0.15) is 13.8 Å². The Hall–Kier alpha value is -0.230.